The minimum atomic E-state index is 0.168. The zero-order valence-electron chi connectivity index (χ0n) is 12.8. The lowest BCUT2D eigenvalue weighted by molar-refractivity contribution is 0.0893. The number of nitrogens with zero attached hydrogens (tertiary/aromatic N) is 3. The smallest absolute Gasteiger partial charge is 0.0901 e. The molecule has 1 aliphatic rings. The van der Waals surface area contributed by atoms with E-state index in [1.54, 1.807) is 11.3 Å². The van der Waals surface area contributed by atoms with Crippen molar-refractivity contribution in [1.29, 1.82) is 0 Å². The number of hydrogen-bond donors (Lipinski definition) is 1. The molecule has 2 aromatic rings. The lowest BCUT2D eigenvalue weighted by Gasteiger charge is -2.19. The van der Waals surface area contributed by atoms with Crippen molar-refractivity contribution in [3.05, 3.63) is 33.5 Å². The van der Waals surface area contributed by atoms with Gasteiger partial charge in [0.1, 0.15) is 0 Å². The van der Waals surface area contributed by atoms with Crippen molar-refractivity contribution in [3.8, 4) is 0 Å². The second-order valence-corrected chi connectivity index (χ2v) is 6.38. The van der Waals surface area contributed by atoms with Crippen LogP contribution in [0.15, 0.2) is 10.9 Å². The summed E-state index contributed by atoms with van der Waals surface area (Å²) in [5.41, 5.74) is 6.57. The Balaban J connectivity index is 1.65. The average Bonchev–Trinajstić information content (AvgIpc) is 3.15. The van der Waals surface area contributed by atoms with Crippen LogP contribution in [-0.2, 0) is 18.3 Å². The van der Waals surface area contributed by atoms with Crippen molar-refractivity contribution in [1.82, 2.24) is 20.1 Å². The van der Waals surface area contributed by atoms with Crippen LogP contribution >= 0.6 is 11.3 Å². The molecule has 1 aliphatic heterocycles. The predicted molar refractivity (Wildman–Crippen MR) is 83.3 cm³/mol. The molecule has 114 valence electrons. The van der Waals surface area contributed by atoms with Crippen molar-refractivity contribution in [2.24, 2.45) is 13.0 Å². The molecular formula is C15H22N4OS. The fraction of sp³-hybridized carbons (Fsp3) is 0.600. The molecule has 2 atom stereocenters. The third-order valence-electron chi connectivity index (χ3n) is 4.26. The molecule has 3 heterocycles. The molecule has 5 nitrogen and oxygen atoms in total. The highest BCUT2D eigenvalue weighted by Gasteiger charge is 2.33. The fourth-order valence-electron chi connectivity index (χ4n) is 3.07. The van der Waals surface area contributed by atoms with Crippen LogP contribution < -0.4 is 5.32 Å². The average molecular weight is 306 g/mol. The van der Waals surface area contributed by atoms with Crippen LogP contribution in [0.4, 0.5) is 0 Å². The lowest BCUT2D eigenvalue weighted by atomic mass is 9.94. The first-order chi connectivity index (χ1) is 10.2. The van der Waals surface area contributed by atoms with Crippen LogP contribution in [-0.4, -0.2) is 27.9 Å². The molecule has 0 radical (unpaired) electrons. The van der Waals surface area contributed by atoms with E-state index in [9.17, 15) is 0 Å². The minimum Gasteiger partial charge on any atom is -0.373 e. The second-order valence-electron chi connectivity index (χ2n) is 5.66. The van der Waals surface area contributed by atoms with E-state index in [1.807, 2.05) is 17.2 Å². The molecular weight excluding hydrogens is 284 g/mol. The SMILES string of the molecule is Cc1nn(C)c(C)c1C1OCCC1CNCc1cscn1. The Morgan fingerprint density at radius 2 is 2.33 bits per heavy atom. The summed E-state index contributed by atoms with van der Waals surface area (Å²) in [5.74, 6) is 0.505. The number of hydrogen-bond acceptors (Lipinski definition) is 5. The number of aromatic nitrogens is 3. The van der Waals surface area contributed by atoms with E-state index < -0.39 is 0 Å². The van der Waals surface area contributed by atoms with Crippen LogP contribution in [0.3, 0.4) is 0 Å². The van der Waals surface area contributed by atoms with Gasteiger partial charge in [0, 0.05) is 49.3 Å². The van der Waals surface area contributed by atoms with Crippen LogP contribution in [0, 0.1) is 19.8 Å². The summed E-state index contributed by atoms with van der Waals surface area (Å²) in [6.07, 6.45) is 1.27. The highest BCUT2D eigenvalue weighted by Crippen LogP contribution is 2.37. The van der Waals surface area contributed by atoms with Gasteiger partial charge in [0.25, 0.3) is 0 Å². The number of aryl methyl sites for hydroxylation is 2. The van der Waals surface area contributed by atoms with Crippen molar-refractivity contribution in [2.75, 3.05) is 13.2 Å². The Hall–Kier alpha value is -1.24. The van der Waals surface area contributed by atoms with Gasteiger partial charge in [-0.25, -0.2) is 4.98 Å². The van der Waals surface area contributed by atoms with Gasteiger partial charge in [-0.1, -0.05) is 0 Å². The summed E-state index contributed by atoms with van der Waals surface area (Å²) in [6, 6.07) is 0. The molecule has 0 bridgehead atoms. The molecule has 1 N–H and O–H groups in total. The van der Waals surface area contributed by atoms with E-state index in [4.69, 9.17) is 4.74 Å². The minimum absolute atomic E-state index is 0.168. The quantitative estimate of drug-likeness (QED) is 0.921. The van der Waals surface area contributed by atoms with Crippen LogP contribution in [0.25, 0.3) is 0 Å². The third-order valence-corrected chi connectivity index (χ3v) is 4.90. The maximum Gasteiger partial charge on any atom is 0.0901 e. The molecule has 0 aliphatic carbocycles. The first-order valence-electron chi connectivity index (χ1n) is 7.36. The van der Waals surface area contributed by atoms with E-state index in [-0.39, 0.29) is 6.10 Å². The summed E-state index contributed by atoms with van der Waals surface area (Å²) in [5, 5.41) is 10.1. The zero-order valence-corrected chi connectivity index (χ0v) is 13.6. The third kappa shape index (κ3) is 3.02. The van der Waals surface area contributed by atoms with E-state index in [0.717, 1.165) is 37.5 Å². The Morgan fingerprint density at radius 3 is 3.00 bits per heavy atom. The fourth-order valence-corrected chi connectivity index (χ4v) is 3.63. The molecule has 0 aromatic carbocycles. The van der Waals surface area contributed by atoms with Gasteiger partial charge in [0.15, 0.2) is 0 Å². The van der Waals surface area contributed by atoms with E-state index >= 15 is 0 Å². The molecule has 1 saturated heterocycles. The molecule has 2 unspecified atom stereocenters. The van der Waals surface area contributed by atoms with Gasteiger partial charge >= 0.3 is 0 Å². The van der Waals surface area contributed by atoms with Crippen molar-refractivity contribution in [2.45, 2.75) is 32.9 Å². The highest BCUT2D eigenvalue weighted by atomic mass is 32.1. The van der Waals surface area contributed by atoms with Gasteiger partial charge in [-0.05, 0) is 20.3 Å². The highest BCUT2D eigenvalue weighted by molar-refractivity contribution is 7.07. The molecule has 2 aromatic heterocycles. The van der Waals surface area contributed by atoms with Gasteiger partial charge in [0.2, 0.25) is 0 Å². The summed E-state index contributed by atoms with van der Waals surface area (Å²) in [7, 11) is 2.00. The molecule has 0 spiro atoms. The van der Waals surface area contributed by atoms with Gasteiger partial charge in [-0.3, -0.25) is 4.68 Å². The standard InChI is InChI=1S/C15H22N4OS/c1-10-14(11(2)19(3)18-10)15-12(4-5-20-15)6-16-7-13-8-21-9-17-13/h8-9,12,15-16H,4-7H2,1-3H3. The predicted octanol–water partition coefficient (Wildman–Crippen LogP) is 2.36. The van der Waals surface area contributed by atoms with Gasteiger partial charge in [-0.15, -0.1) is 11.3 Å². The molecule has 1 fully saturated rings. The number of nitrogens with one attached hydrogen (secondary N) is 1. The molecule has 3 rings (SSSR count). The Kier molecular flexibility index (Phi) is 4.37. The van der Waals surface area contributed by atoms with Crippen molar-refractivity contribution >= 4 is 11.3 Å². The lowest BCUT2D eigenvalue weighted by Crippen LogP contribution is -2.25. The van der Waals surface area contributed by atoms with E-state index in [0.29, 0.717) is 5.92 Å². The number of ether oxygens (including phenoxy) is 1. The van der Waals surface area contributed by atoms with Gasteiger partial charge in [-0.2, -0.15) is 5.10 Å². The molecule has 21 heavy (non-hydrogen) atoms. The largest absolute Gasteiger partial charge is 0.373 e. The zero-order chi connectivity index (χ0) is 14.8. The van der Waals surface area contributed by atoms with Crippen molar-refractivity contribution < 1.29 is 4.74 Å². The van der Waals surface area contributed by atoms with Crippen molar-refractivity contribution in [3.63, 3.8) is 0 Å². The van der Waals surface area contributed by atoms with Crippen LogP contribution in [0.2, 0.25) is 0 Å². The Morgan fingerprint density at radius 1 is 1.48 bits per heavy atom. The number of rotatable bonds is 5. The number of thiazole rings is 1. The van der Waals surface area contributed by atoms with Gasteiger partial charge in [0.05, 0.1) is 23.0 Å². The normalized spacial score (nSPS) is 22.0. The van der Waals surface area contributed by atoms with E-state index in [2.05, 4.69) is 34.6 Å². The van der Waals surface area contributed by atoms with Crippen LogP contribution in [0.1, 0.15) is 35.2 Å². The Bertz CT molecular complexity index is 593. The summed E-state index contributed by atoms with van der Waals surface area (Å²) >= 11 is 1.64. The Labute approximate surface area is 129 Å². The summed E-state index contributed by atoms with van der Waals surface area (Å²) in [4.78, 5) is 4.30. The topological polar surface area (TPSA) is 52.0 Å². The summed E-state index contributed by atoms with van der Waals surface area (Å²) < 4.78 is 7.96. The first-order valence-corrected chi connectivity index (χ1v) is 8.30. The van der Waals surface area contributed by atoms with Gasteiger partial charge < -0.3 is 10.1 Å². The monoisotopic (exact) mass is 306 g/mol. The van der Waals surface area contributed by atoms with E-state index in [1.165, 1.54) is 11.3 Å². The maximum absolute atomic E-state index is 6.01. The maximum atomic E-state index is 6.01. The molecule has 0 saturated carbocycles. The summed E-state index contributed by atoms with van der Waals surface area (Å²) in [6.45, 7) is 6.82. The molecule has 6 heteroatoms. The molecule has 0 amide bonds. The van der Waals surface area contributed by atoms with Crippen LogP contribution in [0.5, 0.6) is 0 Å². The first kappa shape index (κ1) is 14.7. The second kappa shape index (κ2) is 6.25.